The maximum atomic E-state index is 13.1. The molecule has 5 heteroatoms. The summed E-state index contributed by atoms with van der Waals surface area (Å²) in [5, 5.41) is 3.28. The molecule has 0 aliphatic rings. The van der Waals surface area contributed by atoms with Crippen LogP contribution in [0.4, 0.5) is 17.3 Å². The average Bonchev–Trinajstić information content (AvgIpc) is 2.66. The van der Waals surface area contributed by atoms with E-state index < -0.39 is 0 Å². The molecule has 1 aromatic heterocycles. The Labute approximate surface area is 160 Å². The summed E-state index contributed by atoms with van der Waals surface area (Å²) in [6.45, 7) is 8.45. The molecule has 0 aliphatic carbocycles. The van der Waals surface area contributed by atoms with E-state index >= 15 is 0 Å². The molecule has 1 N–H and O–H groups in total. The summed E-state index contributed by atoms with van der Waals surface area (Å²) in [5.74, 6) is 0.290. The molecule has 3 rings (SSSR count). The zero-order valence-electron chi connectivity index (χ0n) is 16.2. The summed E-state index contributed by atoms with van der Waals surface area (Å²) in [6, 6.07) is 17.4. The van der Waals surface area contributed by atoms with Crippen molar-refractivity contribution in [3.63, 3.8) is 0 Å². The summed E-state index contributed by atoms with van der Waals surface area (Å²) in [4.78, 5) is 23.7. The normalized spacial score (nSPS) is 10.5. The SMILES string of the molecule is CCN(C(=O)c1cc(C)nc(Nc2c(C)cccc2C)n1)c1ccccc1. The third-order valence-corrected chi connectivity index (χ3v) is 4.42. The van der Waals surface area contributed by atoms with Gasteiger partial charge in [0.15, 0.2) is 0 Å². The summed E-state index contributed by atoms with van der Waals surface area (Å²) in [5.41, 5.74) is 5.15. The third-order valence-electron chi connectivity index (χ3n) is 4.42. The van der Waals surface area contributed by atoms with E-state index in [1.165, 1.54) is 0 Å². The Morgan fingerprint density at radius 1 is 0.963 bits per heavy atom. The van der Waals surface area contributed by atoms with Gasteiger partial charge in [-0.2, -0.15) is 0 Å². The minimum Gasteiger partial charge on any atom is -0.324 e. The molecule has 0 aliphatic heterocycles. The molecule has 1 heterocycles. The molecule has 5 nitrogen and oxygen atoms in total. The predicted molar refractivity (Wildman–Crippen MR) is 110 cm³/mol. The highest BCUT2D eigenvalue weighted by atomic mass is 16.2. The van der Waals surface area contributed by atoms with E-state index in [4.69, 9.17) is 0 Å². The van der Waals surface area contributed by atoms with Crippen molar-refractivity contribution in [2.75, 3.05) is 16.8 Å². The van der Waals surface area contributed by atoms with Crippen molar-refractivity contribution in [1.82, 2.24) is 9.97 Å². The summed E-state index contributed by atoms with van der Waals surface area (Å²) in [6.07, 6.45) is 0. The predicted octanol–water partition coefficient (Wildman–Crippen LogP) is 4.81. The second-order valence-corrected chi connectivity index (χ2v) is 6.49. The minimum absolute atomic E-state index is 0.140. The maximum absolute atomic E-state index is 13.1. The third kappa shape index (κ3) is 4.14. The van der Waals surface area contributed by atoms with E-state index in [0.29, 0.717) is 18.2 Å². The van der Waals surface area contributed by atoms with E-state index in [2.05, 4.69) is 15.3 Å². The van der Waals surface area contributed by atoms with Crippen LogP contribution in [0.15, 0.2) is 54.6 Å². The molecule has 0 fully saturated rings. The Morgan fingerprint density at radius 3 is 2.26 bits per heavy atom. The second-order valence-electron chi connectivity index (χ2n) is 6.49. The molecule has 0 bridgehead atoms. The van der Waals surface area contributed by atoms with Gasteiger partial charge in [0.2, 0.25) is 5.95 Å². The number of nitrogens with one attached hydrogen (secondary N) is 1. The van der Waals surface area contributed by atoms with Crippen LogP contribution in [-0.4, -0.2) is 22.4 Å². The fourth-order valence-electron chi connectivity index (χ4n) is 3.05. The molecule has 0 unspecified atom stereocenters. The average molecular weight is 360 g/mol. The number of benzene rings is 2. The molecule has 0 atom stereocenters. The minimum atomic E-state index is -0.140. The highest BCUT2D eigenvalue weighted by Crippen LogP contribution is 2.23. The molecule has 0 radical (unpaired) electrons. The second kappa shape index (κ2) is 7.99. The van der Waals surface area contributed by atoms with Gasteiger partial charge in [0.1, 0.15) is 5.69 Å². The number of rotatable bonds is 5. The van der Waals surface area contributed by atoms with E-state index in [1.54, 1.807) is 11.0 Å². The Hall–Kier alpha value is -3.21. The van der Waals surface area contributed by atoms with Gasteiger partial charge in [0, 0.05) is 23.6 Å². The first-order valence-electron chi connectivity index (χ1n) is 9.05. The zero-order valence-corrected chi connectivity index (χ0v) is 16.2. The number of carbonyl (C=O) groups excluding carboxylic acids is 1. The number of hydrogen-bond donors (Lipinski definition) is 1. The Balaban J connectivity index is 1.94. The molecule has 0 saturated heterocycles. The quantitative estimate of drug-likeness (QED) is 0.709. The van der Waals surface area contributed by atoms with Crippen molar-refractivity contribution in [3.05, 3.63) is 77.1 Å². The van der Waals surface area contributed by atoms with Crippen molar-refractivity contribution in [2.45, 2.75) is 27.7 Å². The zero-order chi connectivity index (χ0) is 19.4. The summed E-state index contributed by atoms with van der Waals surface area (Å²) < 4.78 is 0. The molecule has 0 spiro atoms. The van der Waals surface area contributed by atoms with Crippen molar-refractivity contribution in [1.29, 1.82) is 0 Å². The lowest BCUT2D eigenvalue weighted by Crippen LogP contribution is -2.31. The fraction of sp³-hybridized carbons (Fsp3) is 0.227. The fourth-order valence-corrected chi connectivity index (χ4v) is 3.05. The van der Waals surface area contributed by atoms with E-state index in [1.807, 2.05) is 76.2 Å². The smallest absolute Gasteiger partial charge is 0.277 e. The monoisotopic (exact) mass is 360 g/mol. The molecule has 138 valence electrons. The highest BCUT2D eigenvalue weighted by molar-refractivity contribution is 6.05. The summed E-state index contributed by atoms with van der Waals surface area (Å²) >= 11 is 0. The molecular formula is C22H24N4O. The molecule has 1 amide bonds. The number of nitrogens with zero attached hydrogens (tertiary/aromatic N) is 3. The van der Waals surface area contributed by atoms with E-state index in [-0.39, 0.29) is 5.91 Å². The number of hydrogen-bond acceptors (Lipinski definition) is 4. The highest BCUT2D eigenvalue weighted by Gasteiger charge is 2.19. The first-order chi connectivity index (χ1) is 13.0. The van der Waals surface area contributed by atoms with Crippen LogP contribution in [-0.2, 0) is 0 Å². The van der Waals surface area contributed by atoms with Crippen LogP contribution in [0, 0.1) is 20.8 Å². The van der Waals surface area contributed by atoms with Gasteiger partial charge in [-0.3, -0.25) is 4.79 Å². The molecule has 2 aromatic carbocycles. The van der Waals surface area contributed by atoms with Gasteiger partial charge in [-0.15, -0.1) is 0 Å². The number of carbonyl (C=O) groups is 1. The number of aromatic nitrogens is 2. The lowest BCUT2D eigenvalue weighted by atomic mass is 10.1. The van der Waals surface area contributed by atoms with Crippen LogP contribution in [0.3, 0.4) is 0 Å². The summed E-state index contributed by atoms with van der Waals surface area (Å²) in [7, 11) is 0. The first-order valence-corrected chi connectivity index (χ1v) is 9.05. The van der Waals surface area contributed by atoms with Crippen molar-refractivity contribution in [2.24, 2.45) is 0 Å². The lowest BCUT2D eigenvalue weighted by Gasteiger charge is -2.21. The maximum Gasteiger partial charge on any atom is 0.277 e. The molecular weight excluding hydrogens is 336 g/mol. The van der Waals surface area contributed by atoms with Crippen molar-refractivity contribution < 1.29 is 4.79 Å². The Bertz CT molecular complexity index is 934. The number of aryl methyl sites for hydroxylation is 3. The van der Waals surface area contributed by atoms with Gasteiger partial charge >= 0.3 is 0 Å². The van der Waals surface area contributed by atoms with Crippen LogP contribution >= 0.6 is 0 Å². The molecule has 27 heavy (non-hydrogen) atoms. The molecule has 3 aromatic rings. The first kappa shape index (κ1) is 18.6. The van der Waals surface area contributed by atoms with Gasteiger partial charge in [-0.1, -0.05) is 36.4 Å². The van der Waals surface area contributed by atoms with Gasteiger partial charge in [-0.05, 0) is 57.0 Å². The Kier molecular flexibility index (Phi) is 5.50. The number of amides is 1. The van der Waals surface area contributed by atoms with Crippen molar-refractivity contribution in [3.8, 4) is 0 Å². The lowest BCUT2D eigenvalue weighted by molar-refractivity contribution is 0.0983. The number of para-hydroxylation sites is 2. The van der Waals surface area contributed by atoms with Gasteiger partial charge in [-0.25, -0.2) is 9.97 Å². The van der Waals surface area contributed by atoms with E-state index in [9.17, 15) is 4.79 Å². The standard InChI is InChI=1S/C22H24N4O/c1-5-26(18-12-7-6-8-13-18)21(27)19-14-17(4)23-22(24-19)25-20-15(2)10-9-11-16(20)3/h6-14H,5H2,1-4H3,(H,23,24,25). The topological polar surface area (TPSA) is 58.1 Å². The van der Waals surface area contributed by atoms with E-state index in [0.717, 1.165) is 28.2 Å². The van der Waals surface area contributed by atoms with Crippen LogP contribution in [0.25, 0.3) is 0 Å². The Morgan fingerprint density at radius 2 is 1.63 bits per heavy atom. The molecule has 0 saturated carbocycles. The largest absolute Gasteiger partial charge is 0.324 e. The van der Waals surface area contributed by atoms with Crippen molar-refractivity contribution >= 4 is 23.2 Å². The van der Waals surface area contributed by atoms with Crippen LogP contribution in [0.2, 0.25) is 0 Å². The number of anilines is 3. The van der Waals surface area contributed by atoms with Gasteiger partial charge in [0.05, 0.1) is 0 Å². The van der Waals surface area contributed by atoms with Gasteiger partial charge in [0.25, 0.3) is 5.91 Å². The van der Waals surface area contributed by atoms with Crippen LogP contribution in [0.1, 0.15) is 34.2 Å². The van der Waals surface area contributed by atoms with Gasteiger partial charge < -0.3 is 10.2 Å². The van der Waals surface area contributed by atoms with Crippen LogP contribution < -0.4 is 10.2 Å². The van der Waals surface area contributed by atoms with Crippen LogP contribution in [0.5, 0.6) is 0 Å².